The van der Waals surface area contributed by atoms with Crippen LogP contribution < -0.4 is 0 Å². The summed E-state index contributed by atoms with van der Waals surface area (Å²) in [6.07, 6.45) is 3.75. The molecule has 2 saturated heterocycles. The number of carbonyl (C=O) groups excluding carboxylic acids is 2. The molecule has 2 aromatic rings. The van der Waals surface area contributed by atoms with Gasteiger partial charge in [0.15, 0.2) is 0 Å². The molecule has 2 aliphatic heterocycles. The molecular formula is C29H32BNO6. The van der Waals surface area contributed by atoms with Crippen molar-refractivity contribution in [1.29, 1.82) is 0 Å². The monoisotopic (exact) mass is 501 g/mol. The first-order chi connectivity index (χ1) is 17.9. The van der Waals surface area contributed by atoms with Gasteiger partial charge in [0, 0.05) is 14.2 Å². The molecule has 0 spiro atoms. The summed E-state index contributed by atoms with van der Waals surface area (Å²) in [5.41, 5.74) is 5.17. The molecule has 2 heterocycles. The lowest BCUT2D eigenvalue weighted by molar-refractivity contribution is -0.138. The smallest absolute Gasteiger partial charge is 0.455 e. The van der Waals surface area contributed by atoms with Crippen molar-refractivity contribution in [3.63, 3.8) is 0 Å². The minimum atomic E-state index is -1.00. The molecule has 4 atom stereocenters. The van der Waals surface area contributed by atoms with Gasteiger partial charge in [0.25, 0.3) is 0 Å². The molecule has 2 N–H and O–H groups in total. The number of amides is 2. The van der Waals surface area contributed by atoms with Crippen molar-refractivity contribution >= 4 is 30.6 Å². The van der Waals surface area contributed by atoms with Crippen LogP contribution in [0.5, 0.6) is 5.75 Å². The lowest BCUT2D eigenvalue weighted by atomic mass is 9.58. The molecule has 7 nitrogen and oxygen atoms in total. The third-order valence-corrected chi connectivity index (χ3v) is 7.90. The molecule has 0 saturated carbocycles. The Balaban J connectivity index is 1.47. The number of fused-ring (bicyclic) bond motifs is 3. The van der Waals surface area contributed by atoms with Crippen LogP contribution in [-0.2, 0) is 19.0 Å². The number of benzene rings is 2. The van der Waals surface area contributed by atoms with E-state index in [1.807, 2.05) is 30.3 Å². The lowest BCUT2D eigenvalue weighted by Gasteiger charge is -2.43. The maximum absolute atomic E-state index is 13.1. The second-order valence-electron chi connectivity index (χ2n) is 10.2. The standard InChI is InChI=1S/C29H32BNO6/c1-31-28(33)23-15-21(17-36-2)26-24(27(23)29(31)34)16-30(35)37-25(26)13-10-20(19-6-4-3-5-7-19)14-18-8-11-22(32)12-9-18/h3-9,11-12,14,23-25,27,32,35H,10,13,15-17H2,1-2H3/b20-14-/t23-,24+,25-,27-/m1/s1. The van der Waals surface area contributed by atoms with Crippen LogP contribution in [0.2, 0.25) is 6.32 Å². The molecule has 0 bridgehead atoms. The SMILES string of the molecule is COCC1=C2[C@@H](CC/C(=C/c3ccc(O)cc3)c3ccccc3)OB(O)C[C@@H]2[C@@H]2C(=O)N(C)C(=O)[C@@H]2C1. The van der Waals surface area contributed by atoms with Crippen molar-refractivity contribution in [3.05, 3.63) is 76.9 Å². The van der Waals surface area contributed by atoms with Crippen LogP contribution in [0.3, 0.4) is 0 Å². The van der Waals surface area contributed by atoms with E-state index in [-0.39, 0.29) is 29.6 Å². The van der Waals surface area contributed by atoms with Gasteiger partial charge in [0.1, 0.15) is 5.75 Å². The molecule has 37 heavy (non-hydrogen) atoms. The first-order valence-electron chi connectivity index (χ1n) is 12.8. The fourth-order valence-electron chi connectivity index (χ4n) is 6.24. The number of hydrogen-bond donors (Lipinski definition) is 2. The highest BCUT2D eigenvalue weighted by Crippen LogP contribution is 2.50. The van der Waals surface area contributed by atoms with Crippen LogP contribution >= 0.6 is 0 Å². The average molecular weight is 501 g/mol. The molecule has 1 aliphatic carbocycles. The number of phenols is 1. The third-order valence-electron chi connectivity index (χ3n) is 7.90. The van der Waals surface area contributed by atoms with Gasteiger partial charge in [0.05, 0.1) is 24.5 Å². The number of nitrogens with zero attached hydrogens (tertiary/aromatic N) is 1. The quantitative estimate of drug-likeness (QED) is 0.260. The van der Waals surface area contributed by atoms with E-state index in [1.54, 1.807) is 26.3 Å². The number of ether oxygens (including phenoxy) is 1. The summed E-state index contributed by atoms with van der Waals surface area (Å²) < 4.78 is 11.6. The Kier molecular flexibility index (Phi) is 7.33. The van der Waals surface area contributed by atoms with Crippen LogP contribution in [0.1, 0.15) is 30.4 Å². The summed E-state index contributed by atoms with van der Waals surface area (Å²) in [7, 11) is 2.17. The van der Waals surface area contributed by atoms with E-state index in [0.29, 0.717) is 32.2 Å². The molecule has 2 aromatic carbocycles. The Morgan fingerprint density at radius 1 is 1.11 bits per heavy atom. The van der Waals surface area contributed by atoms with Crippen LogP contribution in [-0.4, -0.2) is 60.8 Å². The third kappa shape index (κ3) is 5.01. The van der Waals surface area contributed by atoms with Gasteiger partial charge in [-0.25, -0.2) is 0 Å². The molecule has 0 unspecified atom stereocenters. The molecule has 0 aromatic heterocycles. The molecule has 8 heteroatoms. The highest BCUT2D eigenvalue weighted by atomic mass is 16.5. The van der Waals surface area contributed by atoms with Gasteiger partial charge in [-0.1, -0.05) is 48.5 Å². The average Bonchev–Trinajstić information content (AvgIpc) is 3.11. The molecule has 2 amide bonds. The van der Waals surface area contributed by atoms with Crippen molar-refractivity contribution in [3.8, 4) is 5.75 Å². The number of hydrogen-bond acceptors (Lipinski definition) is 6. The Labute approximate surface area is 217 Å². The Hall–Kier alpha value is -3.20. The van der Waals surface area contributed by atoms with Crippen LogP contribution in [0.4, 0.5) is 0 Å². The number of carbonyl (C=O) groups is 2. The predicted octanol–water partition coefficient (Wildman–Crippen LogP) is 3.79. The topological polar surface area (TPSA) is 96.3 Å². The van der Waals surface area contributed by atoms with Gasteiger partial charge >= 0.3 is 7.12 Å². The summed E-state index contributed by atoms with van der Waals surface area (Å²) in [5, 5.41) is 20.4. The first-order valence-corrected chi connectivity index (χ1v) is 12.8. The molecular weight excluding hydrogens is 469 g/mol. The van der Waals surface area contributed by atoms with Gasteiger partial charge in [0.2, 0.25) is 11.8 Å². The molecule has 5 rings (SSSR count). The Bertz CT molecular complexity index is 1220. The van der Waals surface area contributed by atoms with Crippen LogP contribution in [0.25, 0.3) is 11.6 Å². The van der Waals surface area contributed by atoms with Crippen molar-refractivity contribution < 1.29 is 29.1 Å². The van der Waals surface area contributed by atoms with Gasteiger partial charge in [-0.2, -0.15) is 0 Å². The maximum atomic E-state index is 13.1. The largest absolute Gasteiger partial charge is 0.508 e. The van der Waals surface area contributed by atoms with Crippen LogP contribution in [0, 0.1) is 17.8 Å². The number of phenolic OH excluding ortho intramolecular Hbond substituents is 1. The zero-order chi connectivity index (χ0) is 26.1. The molecule has 2 fully saturated rings. The Morgan fingerprint density at radius 2 is 1.84 bits per heavy atom. The normalized spacial score (nSPS) is 26.0. The van der Waals surface area contributed by atoms with E-state index in [9.17, 15) is 19.7 Å². The van der Waals surface area contributed by atoms with E-state index >= 15 is 0 Å². The van der Waals surface area contributed by atoms with Gasteiger partial charge < -0.3 is 19.5 Å². The second kappa shape index (κ2) is 10.7. The number of imide groups is 1. The summed E-state index contributed by atoms with van der Waals surface area (Å²) in [5.74, 6) is -1.22. The number of methoxy groups -OCH3 is 1. The predicted molar refractivity (Wildman–Crippen MR) is 141 cm³/mol. The number of aromatic hydroxyl groups is 1. The number of rotatable bonds is 7. The zero-order valence-corrected chi connectivity index (χ0v) is 21.2. The van der Waals surface area contributed by atoms with Crippen molar-refractivity contribution in [2.24, 2.45) is 17.8 Å². The first kappa shape index (κ1) is 25.5. The zero-order valence-electron chi connectivity index (χ0n) is 21.2. The minimum absolute atomic E-state index is 0.150. The van der Waals surface area contributed by atoms with Crippen molar-refractivity contribution in [1.82, 2.24) is 4.90 Å². The second-order valence-corrected chi connectivity index (χ2v) is 10.2. The van der Waals surface area contributed by atoms with Gasteiger partial charge in [-0.3, -0.25) is 14.5 Å². The molecule has 192 valence electrons. The highest BCUT2D eigenvalue weighted by Gasteiger charge is 2.56. The van der Waals surface area contributed by atoms with E-state index in [2.05, 4.69) is 18.2 Å². The summed E-state index contributed by atoms with van der Waals surface area (Å²) >= 11 is 0. The molecule has 0 radical (unpaired) electrons. The summed E-state index contributed by atoms with van der Waals surface area (Å²) in [6.45, 7) is 0.366. The number of allylic oxidation sites excluding steroid dienone is 1. The summed E-state index contributed by atoms with van der Waals surface area (Å²) in [4.78, 5) is 27.1. The van der Waals surface area contributed by atoms with E-state index < -0.39 is 19.0 Å². The van der Waals surface area contributed by atoms with Gasteiger partial charge in [-0.15, -0.1) is 0 Å². The summed E-state index contributed by atoms with van der Waals surface area (Å²) in [6, 6.07) is 17.2. The fourth-order valence-corrected chi connectivity index (χ4v) is 6.24. The molecule has 3 aliphatic rings. The van der Waals surface area contributed by atoms with Gasteiger partial charge in [-0.05, 0) is 71.5 Å². The lowest BCUT2D eigenvalue weighted by Crippen LogP contribution is -2.46. The van der Waals surface area contributed by atoms with E-state index in [0.717, 1.165) is 27.8 Å². The van der Waals surface area contributed by atoms with E-state index in [1.165, 1.54) is 4.90 Å². The van der Waals surface area contributed by atoms with Crippen molar-refractivity contribution in [2.75, 3.05) is 20.8 Å². The fraction of sp³-hybridized carbons (Fsp3) is 0.379. The Morgan fingerprint density at radius 3 is 2.54 bits per heavy atom. The maximum Gasteiger partial charge on any atom is 0.455 e. The van der Waals surface area contributed by atoms with Crippen LogP contribution in [0.15, 0.2) is 65.7 Å². The minimum Gasteiger partial charge on any atom is -0.508 e. The highest BCUT2D eigenvalue weighted by molar-refractivity contribution is 6.43. The van der Waals surface area contributed by atoms with E-state index in [4.69, 9.17) is 9.39 Å². The van der Waals surface area contributed by atoms with Crippen molar-refractivity contribution in [2.45, 2.75) is 31.7 Å². The number of likely N-dealkylation sites (tertiary alicyclic amines) is 1.